The summed E-state index contributed by atoms with van der Waals surface area (Å²) in [4.78, 5) is 12.0. The number of hydrogen-bond acceptors (Lipinski definition) is 3. The molecule has 1 atom stereocenters. The van der Waals surface area contributed by atoms with Crippen molar-refractivity contribution in [1.29, 1.82) is 0 Å². The molecule has 0 bridgehead atoms. The number of rotatable bonds is 7. The van der Waals surface area contributed by atoms with Crippen LogP contribution in [0.5, 0.6) is 0 Å². The standard InChI is InChI=1S/C18H22ClN3O.2ClH/c1-13(20)7-10-18(23)22-17-11-15(19)8-9-16(17)21-12-14-5-3-2-4-6-14;;/h2-6,8-9,11,13,21H,7,10,12,20H2,1H3,(H,22,23);2*1H. The Morgan fingerprint density at radius 3 is 2.44 bits per heavy atom. The highest BCUT2D eigenvalue weighted by Crippen LogP contribution is 2.26. The van der Waals surface area contributed by atoms with Gasteiger partial charge in [-0.05, 0) is 37.1 Å². The summed E-state index contributed by atoms with van der Waals surface area (Å²) in [6.07, 6.45) is 1.04. The summed E-state index contributed by atoms with van der Waals surface area (Å²) in [6, 6.07) is 15.5. The fraction of sp³-hybridized carbons (Fsp3) is 0.278. The Bertz CT molecular complexity index is 651. The van der Waals surface area contributed by atoms with Crippen LogP contribution in [0.25, 0.3) is 0 Å². The molecule has 0 aliphatic heterocycles. The summed E-state index contributed by atoms with van der Waals surface area (Å²) in [5, 5.41) is 6.81. The Labute approximate surface area is 166 Å². The zero-order valence-electron chi connectivity index (χ0n) is 14.0. The van der Waals surface area contributed by atoms with E-state index in [0.29, 0.717) is 30.1 Å². The molecular formula is C18H24Cl3N3O. The number of nitrogens with two attached hydrogens (primary N) is 1. The van der Waals surface area contributed by atoms with Crippen LogP contribution < -0.4 is 16.4 Å². The third-order valence-corrected chi connectivity index (χ3v) is 3.64. The van der Waals surface area contributed by atoms with Crippen LogP contribution in [0.1, 0.15) is 25.3 Å². The van der Waals surface area contributed by atoms with E-state index >= 15 is 0 Å². The van der Waals surface area contributed by atoms with Crippen LogP contribution in [-0.4, -0.2) is 11.9 Å². The molecule has 0 heterocycles. The molecular weight excluding hydrogens is 381 g/mol. The van der Waals surface area contributed by atoms with Gasteiger partial charge in [-0.25, -0.2) is 0 Å². The average molecular weight is 405 g/mol. The minimum atomic E-state index is -0.0627. The summed E-state index contributed by atoms with van der Waals surface area (Å²) in [5.74, 6) is -0.0627. The van der Waals surface area contributed by atoms with Crippen molar-refractivity contribution in [2.45, 2.75) is 32.4 Å². The Balaban J connectivity index is 0.00000288. The van der Waals surface area contributed by atoms with Crippen LogP contribution in [-0.2, 0) is 11.3 Å². The minimum Gasteiger partial charge on any atom is -0.379 e. The van der Waals surface area contributed by atoms with E-state index in [0.717, 1.165) is 11.3 Å². The van der Waals surface area contributed by atoms with Crippen molar-refractivity contribution in [2.24, 2.45) is 5.73 Å². The highest BCUT2D eigenvalue weighted by atomic mass is 35.5. The molecule has 2 aromatic carbocycles. The third-order valence-electron chi connectivity index (χ3n) is 3.41. The third kappa shape index (κ3) is 8.45. The first-order chi connectivity index (χ1) is 11.0. The van der Waals surface area contributed by atoms with Crippen molar-refractivity contribution >= 4 is 53.7 Å². The number of carbonyl (C=O) groups excluding carboxylic acids is 1. The van der Waals surface area contributed by atoms with Crippen LogP contribution in [0.2, 0.25) is 5.02 Å². The van der Waals surface area contributed by atoms with E-state index in [1.807, 2.05) is 43.3 Å². The number of halogens is 3. The van der Waals surface area contributed by atoms with Gasteiger partial charge in [-0.3, -0.25) is 4.79 Å². The molecule has 138 valence electrons. The van der Waals surface area contributed by atoms with E-state index in [9.17, 15) is 4.79 Å². The molecule has 0 saturated carbocycles. The van der Waals surface area contributed by atoms with Crippen molar-refractivity contribution in [3.05, 3.63) is 59.1 Å². The monoisotopic (exact) mass is 403 g/mol. The Morgan fingerprint density at radius 2 is 1.80 bits per heavy atom. The zero-order valence-corrected chi connectivity index (χ0v) is 16.4. The number of nitrogens with one attached hydrogen (secondary N) is 2. The Morgan fingerprint density at radius 1 is 1.12 bits per heavy atom. The second-order valence-electron chi connectivity index (χ2n) is 5.59. The van der Waals surface area contributed by atoms with Crippen molar-refractivity contribution in [2.75, 3.05) is 10.6 Å². The van der Waals surface area contributed by atoms with E-state index in [-0.39, 0.29) is 36.8 Å². The smallest absolute Gasteiger partial charge is 0.224 e. The maximum Gasteiger partial charge on any atom is 0.224 e. The summed E-state index contributed by atoms with van der Waals surface area (Å²) in [6.45, 7) is 2.56. The minimum absolute atomic E-state index is 0. The van der Waals surface area contributed by atoms with Crippen LogP contribution in [0.3, 0.4) is 0 Å². The highest BCUT2D eigenvalue weighted by molar-refractivity contribution is 6.31. The fourth-order valence-electron chi connectivity index (χ4n) is 2.14. The molecule has 4 nitrogen and oxygen atoms in total. The molecule has 7 heteroatoms. The van der Waals surface area contributed by atoms with Gasteiger partial charge in [0.05, 0.1) is 11.4 Å². The molecule has 0 saturated heterocycles. The number of amides is 1. The molecule has 1 unspecified atom stereocenters. The quantitative estimate of drug-likeness (QED) is 0.617. The molecule has 0 radical (unpaired) electrons. The van der Waals surface area contributed by atoms with Gasteiger partial charge in [0, 0.05) is 24.0 Å². The maximum atomic E-state index is 12.0. The highest BCUT2D eigenvalue weighted by Gasteiger charge is 2.09. The summed E-state index contributed by atoms with van der Waals surface area (Å²) < 4.78 is 0. The van der Waals surface area contributed by atoms with E-state index in [2.05, 4.69) is 10.6 Å². The molecule has 25 heavy (non-hydrogen) atoms. The SMILES string of the molecule is CC(N)CCC(=O)Nc1cc(Cl)ccc1NCc1ccccc1.Cl.Cl. The fourth-order valence-corrected chi connectivity index (χ4v) is 2.31. The molecule has 0 aliphatic rings. The molecule has 0 fully saturated rings. The van der Waals surface area contributed by atoms with Gasteiger partial charge >= 0.3 is 0 Å². The lowest BCUT2D eigenvalue weighted by atomic mass is 10.2. The van der Waals surface area contributed by atoms with Crippen molar-refractivity contribution in [3.63, 3.8) is 0 Å². The van der Waals surface area contributed by atoms with Gasteiger partial charge in [0.15, 0.2) is 0 Å². The zero-order chi connectivity index (χ0) is 16.7. The van der Waals surface area contributed by atoms with Crippen LogP contribution in [0.4, 0.5) is 11.4 Å². The van der Waals surface area contributed by atoms with Crippen LogP contribution >= 0.6 is 36.4 Å². The second-order valence-corrected chi connectivity index (χ2v) is 6.03. The van der Waals surface area contributed by atoms with E-state index in [4.69, 9.17) is 17.3 Å². The molecule has 0 aromatic heterocycles. The van der Waals surface area contributed by atoms with Crippen molar-refractivity contribution in [1.82, 2.24) is 0 Å². The van der Waals surface area contributed by atoms with Crippen molar-refractivity contribution < 1.29 is 4.79 Å². The number of carbonyl (C=O) groups is 1. The Hall–Kier alpha value is -1.46. The lowest BCUT2D eigenvalue weighted by Gasteiger charge is -2.14. The first-order valence-corrected chi connectivity index (χ1v) is 8.05. The summed E-state index contributed by atoms with van der Waals surface area (Å²) in [5.41, 5.74) is 8.37. The predicted molar refractivity (Wildman–Crippen MR) is 111 cm³/mol. The first kappa shape index (κ1) is 23.5. The van der Waals surface area contributed by atoms with Crippen LogP contribution in [0.15, 0.2) is 48.5 Å². The van der Waals surface area contributed by atoms with Gasteiger partial charge in [0.25, 0.3) is 0 Å². The topological polar surface area (TPSA) is 67.2 Å². The van der Waals surface area contributed by atoms with E-state index in [1.165, 1.54) is 0 Å². The molecule has 1 amide bonds. The number of hydrogen-bond donors (Lipinski definition) is 3. The van der Waals surface area contributed by atoms with Gasteiger partial charge in [0.2, 0.25) is 5.91 Å². The predicted octanol–water partition coefficient (Wildman–Crippen LogP) is 4.86. The van der Waals surface area contributed by atoms with Gasteiger partial charge < -0.3 is 16.4 Å². The largest absolute Gasteiger partial charge is 0.379 e. The van der Waals surface area contributed by atoms with Gasteiger partial charge in [0.1, 0.15) is 0 Å². The molecule has 2 rings (SSSR count). The van der Waals surface area contributed by atoms with E-state index in [1.54, 1.807) is 12.1 Å². The first-order valence-electron chi connectivity index (χ1n) is 7.67. The number of anilines is 2. The second kappa shape index (κ2) is 12.0. The van der Waals surface area contributed by atoms with Gasteiger partial charge in [-0.1, -0.05) is 41.9 Å². The van der Waals surface area contributed by atoms with Crippen molar-refractivity contribution in [3.8, 4) is 0 Å². The molecule has 4 N–H and O–H groups in total. The van der Waals surface area contributed by atoms with Crippen LogP contribution in [0, 0.1) is 0 Å². The van der Waals surface area contributed by atoms with Gasteiger partial charge in [-0.2, -0.15) is 0 Å². The summed E-state index contributed by atoms with van der Waals surface area (Å²) >= 11 is 6.05. The average Bonchev–Trinajstić information content (AvgIpc) is 2.53. The number of benzene rings is 2. The van der Waals surface area contributed by atoms with E-state index < -0.39 is 0 Å². The summed E-state index contributed by atoms with van der Waals surface area (Å²) in [7, 11) is 0. The molecule has 2 aromatic rings. The van der Waals surface area contributed by atoms with Gasteiger partial charge in [-0.15, -0.1) is 24.8 Å². The lowest BCUT2D eigenvalue weighted by Crippen LogP contribution is -2.20. The molecule has 0 spiro atoms. The maximum absolute atomic E-state index is 12.0. The normalized spacial score (nSPS) is 10.8. The lowest BCUT2D eigenvalue weighted by molar-refractivity contribution is -0.116. The molecule has 0 aliphatic carbocycles. The Kier molecular flexibility index (Phi) is 11.3.